The van der Waals surface area contributed by atoms with Crippen LogP contribution in [0.25, 0.3) is 11.2 Å². The van der Waals surface area contributed by atoms with Crippen molar-refractivity contribution in [3.63, 3.8) is 0 Å². The maximum Gasteiger partial charge on any atom is 0.332 e. The minimum atomic E-state index is -0.378. The predicted octanol–water partition coefficient (Wildman–Crippen LogP) is 0.247. The predicted molar refractivity (Wildman–Crippen MR) is 76.2 cm³/mol. The lowest BCUT2D eigenvalue weighted by molar-refractivity contribution is 0.701. The Labute approximate surface area is 117 Å². The number of hydrogen-bond acceptors (Lipinski definition) is 5. The first-order valence-electron chi connectivity index (χ1n) is 6.01. The van der Waals surface area contributed by atoms with Crippen LogP contribution >= 0.6 is 11.3 Å². The van der Waals surface area contributed by atoms with Gasteiger partial charge in [-0.1, -0.05) is 0 Å². The van der Waals surface area contributed by atoms with Crippen molar-refractivity contribution in [3.8, 4) is 0 Å². The van der Waals surface area contributed by atoms with Crippen LogP contribution in [0.4, 0.5) is 0 Å². The number of imidazole rings is 1. The highest BCUT2D eigenvalue weighted by atomic mass is 32.1. The van der Waals surface area contributed by atoms with Crippen LogP contribution in [0, 0.1) is 6.92 Å². The Bertz CT molecular complexity index is 914. The third-order valence-electron chi connectivity index (χ3n) is 3.22. The highest BCUT2D eigenvalue weighted by Gasteiger charge is 2.14. The molecule has 0 spiro atoms. The molecule has 0 aromatic carbocycles. The Kier molecular flexibility index (Phi) is 2.82. The quantitative estimate of drug-likeness (QED) is 0.678. The smallest absolute Gasteiger partial charge is 0.319 e. The van der Waals surface area contributed by atoms with Gasteiger partial charge < -0.3 is 4.57 Å². The van der Waals surface area contributed by atoms with Gasteiger partial charge in [-0.2, -0.15) is 0 Å². The van der Waals surface area contributed by atoms with Gasteiger partial charge in [0, 0.05) is 19.5 Å². The topological polar surface area (TPSA) is 74.7 Å². The maximum absolute atomic E-state index is 12.2. The second kappa shape index (κ2) is 4.41. The Hall–Kier alpha value is -2.22. The van der Waals surface area contributed by atoms with Crippen molar-refractivity contribution in [3.05, 3.63) is 43.2 Å². The van der Waals surface area contributed by atoms with Gasteiger partial charge in [-0.3, -0.25) is 13.9 Å². The first kappa shape index (κ1) is 12.8. The van der Waals surface area contributed by atoms with Gasteiger partial charge in [0.05, 0.1) is 23.6 Å². The fourth-order valence-corrected chi connectivity index (χ4v) is 2.78. The van der Waals surface area contributed by atoms with Crippen molar-refractivity contribution in [1.82, 2.24) is 23.7 Å². The summed E-state index contributed by atoms with van der Waals surface area (Å²) in [6.07, 6.45) is 1.57. The number of thiazole rings is 1. The number of aromatic nitrogens is 5. The van der Waals surface area contributed by atoms with Crippen LogP contribution in [0.15, 0.2) is 21.3 Å². The van der Waals surface area contributed by atoms with E-state index in [4.69, 9.17) is 0 Å². The molecule has 0 atom stereocenters. The van der Waals surface area contributed by atoms with E-state index < -0.39 is 0 Å². The summed E-state index contributed by atoms with van der Waals surface area (Å²) in [5.74, 6) is 0. The first-order chi connectivity index (χ1) is 9.49. The fourth-order valence-electron chi connectivity index (χ4n) is 2.17. The molecule has 0 amide bonds. The molecule has 3 aromatic rings. The molecule has 0 aliphatic rings. The highest BCUT2D eigenvalue weighted by molar-refractivity contribution is 7.09. The molecule has 0 fully saturated rings. The average molecular weight is 291 g/mol. The summed E-state index contributed by atoms with van der Waals surface area (Å²) in [4.78, 5) is 32.6. The minimum Gasteiger partial charge on any atom is -0.319 e. The zero-order chi connectivity index (χ0) is 14.4. The molecule has 0 aliphatic heterocycles. The summed E-state index contributed by atoms with van der Waals surface area (Å²) in [5, 5.41) is 2.93. The van der Waals surface area contributed by atoms with Crippen molar-refractivity contribution in [2.24, 2.45) is 14.1 Å². The molecule has 0 saturated heterocycles. The summed E-state index contributed by atoms with van der Waals surface area (Å²) >= 11 is 1.56. The molecular formula is C12H13N5O2S. The molecule has 3 aromatic heterocycles. The van der Waals surface area contributed by atoms with Crippen LogP contribution in [-0.2, 0) is 20.6 Å². The largest absolute Gasteiger partial charge is 0.332 e. The SMILES string of the molecule is Cc1nc(Cn2cnc3c2c(=O)n(C)c(=O)n3C)cs1. The Balaban J connectivity index is 2.23. The lowest BCUT2D eigenvalue weighted by Crippen LogP contribution is -2.37. The van der Waals surface area contributed by atoms with Gasteiger partial charge in [-0.25, -0.2) is 14.8 Å². The third kappa shape index (κ3) is 1.80. The standard InChI is InChI=1S/C12H13N5O2S/c1-7-14-8(5-20-7)4-17-6-13-10-9(17)11(18)16(3)12(19)15(10)2/h5-6H,4H2,1-3H3. The zero-order valence-corrected chi connectivity index (χ0v) is 12.1. The summed E-state index contributed by atoms with van der Waals surface area (Å²) in [7, 11) is 3.07. The second-order valence-electron chi connectivity index (χ2n) is 4.61. The van der Waals surface area contributed by atoms with Crippen LogP contribution in [-0.4, -0.2) is 23.7 Å². The monoisotopic (exact) mass is 291 g/mol. The van der Waals surface area contributed by atoms with E-state index in [0.29, 0.717) is 17.7 Å². The van der Waals surface area contributed by atoms with Gasteiger partial charge in [0.2, 0.25) is 0 Å². The third-order valence-corrected chi connectivity index (χ3v) is 4.04. The minimum absolute atomic E-state index is 0.340. The van der Waals surface area contributed by atoms with Gasteiger partial charge in [-0.05, 0) is 6.92 Å². The number of fused-ring (bicyclic) bond motifs is 1. The van der Waals surface area contributed by atoms with E-state index in [1.165, 1.54) is 11.6 Å². The Morgan fingerprint density at radius 3 is 2.65 bits per heavy atom. The summed E-state index contributed by atoms with van der Waals surface area (Å²) in [6.45, 7) is 2.40. The molecule has 0 unspecified atom stereocenters. The molecule has 20 heavy (non-hydrogen) atoms. The Morgan fingerprint density at radius 2 is 2.00 bits per heavy atom. The van der Waals surface area contributed by atoms with Crippen LogP contribution in [0.3, 0.4) is 0 Å². The van der Waals surface area contributed by atoms with Crippen LogP contribution in [0.1, 0.15) is 10.7 Å². The van der Waals surface area contributed by atoms with E-state index in [1.807, 2.05) is 12.3 Å². The van der Waals surface area contributed by atoms with E-state index in [1.54, 1.807) is 29.3 Å². The van der Waals surface area contributed by atoms with E-state index >= 15 is 0 Å². The van der Waals surface area contributed by atoms with Gasteiger partial charge in [-0.15, -0.1) is 11.3 Å². The molecule has 3 heterocycles. The van der Waals surface area contributed by atoms with E-state index in [-0.39, 0.29) is 11.2 Å². The van der Waals surface area contributed by atoms with E-state index in [9.17, 15) is 9.59 Å². The van der Waals surface area contributed by atoms with Crippen LogP contribution in [0.5, 0.6) is 0 Å². The zero-order valence-electron chi connectivity index (χ0n) is 11.3. The molecule has 0 N–H and O–H groups in total. The maximum atomic E-state index is 12.2. The van der Waals surface area contributed by atoms with Crippen molar-refractivity contribution < 1.29 is 0 Å². The molecule has 8 heteroatoms. The van der Waals surface area contributed by atoms with E-state index in [2.05, 4.69) is 9.97 Å². The van der Waals surface area contributed by atoms with Gasteiger partial charge in [0.25, 0.3) is 5.56 Å². The van der Waals surface area contributed by atoms with Crippen molar-refractivity contribution >= 4 is 22.5 Å². The first-order valence-corrected chi connectivity index (χ1v) is 6.89. The summed E-state index contributed by atoms with van der Waals surface area (Å²) in [6, 6.07) is 0. The van der Waals surface area contributed by atoms with Crippen molar-refractivity contribution in [2.75, 3.05) is 0 Å². The number of rotatable bonds is 2. The van der Waals surface area contributed by atoms with Gasteiger partial charge >= 0.3 is 5.69 Å². The highest BCUT2D eigenvalue weighted by Crippen LogP contribution is 2.12. The van der Waals surface area contributed by atoms with Crippen molar-refractivity contribution in [2.45, 2.75) is 13.5 Å². The molecular weight excluding hydrogens is 278 g/mol. The fraction of sp³-hybridized carbons (Fsp3) is 0.333. The Morgan fingerprint density at radius 1 is 1.25 bits per heavy atom. The number of aryl methyl sites for hydroxylation is 2. The molecule has 104 valence electrons. The lowest BCUT2D eigenvalue weighted by Gasteiger charge is -2.05. The molecule has 3 rings (SSSR count). The van der Waals surface area contributed by atoms with Gasteiger partial charge in [0.15, 0.2) is 11.2 Å². The second-order valence-corrected chi connectivity index (χ2v) is 5.67. The summed E-state index contributed by atoms with van der Waals surface area (Å²) in [5.41, 5.74) is 0.970. The van der Waals surface area contributed by atoms with E-state index in [0.717, 1.165) is 15.3 Å². The van der Waals surface area contributed by atoms with Crippen molar-refractivity contribution in [1.29, 1.82) is 0 Å². The molecule has 0 radical (unpaired) electrons. The summed E-state index contributed by atoms with van der Waals surface area (Å²) < 4.78 is 4.19. The van der Waals surface area contributed by atoms with Gasteiger partial charge in [0.1, 0.15) is 0 Å². The molecule has 0 saturated carbocycles. The average Bonchev–Trinajstić information content (AvgIpc) is 3.01. The lowest BCUT2D eigenvalue weighted by atomic mass is 10.4. The van der Waals surface area contributed by atoms with Crippen LogP contribution < -0.4 is 11.2 Å². The molecule has 0 bridgehead atoms. The van der Waals surface area contributed by atoms with Crippen LogP contribution in [0.2, 0.25) is 0 Å². The molecule has 7 nitrogen and oxygen atoms in total. The normalized spacial score (nSPS) is 11.3. The molecule has 0 aliphatic carbocycles. The number of hydrogen-bond donors (Lipinski definition) is 0. The number of nitrogens with zero attached hydrogens (tertiary/aromatic N) is 5.